The Morgan fingerprint density at radius 3 is 3.00 bits per heavy atom. The Morgan fingerprint density at radius 2 is 2.42 bits per heavy atom. The van der Waals surface area contributed by atoms with Gasteiger partial charge in [0.2, 0.25) is 0 Å². The molecule has 1 aromatic rings. The SMILES string of the molecule is Clc1ccc(C2CSCCN2)s1. The molecule has 4 heteroatoms. The number of thioether (sulfide) groups is 1. The van der Waals surface area contributed by atoms with Gasteiger partial charge in [-0.2, -0.15) is 11.8 Å². The molecule has 0 aliphatic carbocycles. The summed E-state index contributed by atoms with van der Waals surface area (Å²) >= 11 is 9.56. The Bertz CT molecular complexity index is 255. The van der Waals surface area contributed by atoms with Gasteiger partial charge in [-0.1, -0.05) is 11.6 Å². The van der Waals surface area contributed by atoms with Gasteiger partial charge in [0.25, 0.3) is 0 Å². The highest BCUT2D eigenvalue weighted by atomic mass is 35.5. The number of hydrogen-bond donors (Lipinski definition) is 1. The maximum Gasteiger partial charge on any atom is 0.0931 e. The molecule has 1 aromatic heterocycles. The average Bonchev–Trinajstić information content (AvgIpc) is 2.54. The van der Waals surface area contributed by atoms with E-state index in [1.54, 1.807) is 11.3 Å². The van der Waals surface area contributed by atoms with Crippen LogP contribution in [0.4, 0.5) is 0 Å². The van der Waals surface area contributed by atoms with E-state index in [0.29, 0.717) is 6.04 Å². The summed E-state index contributed by atoms with van der Waals surface area (Å²) in [6.45, 7) is 1.12. The summed E-state index contributed by atoms with van der Waals surface area (Å²) < 4.78 is 0.891. The molecule has 2 rings (SSSR count). The predicted octanol–water partition coefficient (Wildman–Crippen LogP) is 2.78. The van der Waals surface area contributed by atoms with E-state index in [1.165, 1.54) is 16.4 Å². The van der Waals surface area contributed by atoms with Crippen molar-refractivity contribution in [2.45, 2.75) is 6.04 Å². The van der Waals surface area contributed by atoms with Crippen molar-refractivity contribution < 1.29 is 0 Å². The molecule has 1 aliphatic heterocycles. The monoisotopic (exact) mass is 219 g/mol. The molecule has 1 nitrogen and oxygen atoms in total. The zero-order chi connectivity index (χ0) is 8.39. The lowest BCUT2D eigenvalue weighted by molar-refractivity contribution is 0.604. The third-order valence-electron chi connectivity index (χ3n) is 1.86. The summed E-state index contributed by atoms with van der Waals surface area (Å²) in [5.41, 5.74) is 0. The van der Waals surface area contributed by atoms with Gasteiger partial charge in [-0.15, -0.1) is 11.3 Å². The molecule has 2 heterocycles. The van der Waals surface area contributed by atoms with E-state index in [1.807, 2.05) is 17.8 Å². The van der Waals surface area contributed by atoms with Gasteiger partial charge in [-0.05, 0) is 12.1 Å². The summed E-state index contributed by atoms with van der Waals surface area (Å²) in [5.74, 6) is 2.41. The summed E-state index contributed by atoms with van der Waals surface area (Å²) in [5, 5.41) is 3.48. The lowest BCUT2D eigenvalue weighted by Crippen LogP contribution is -2.29. The van der Waals surface area contributed by atoms with Gasteiger partial charge in [-0.25, -0.2) is 0 Å². The summed E-state index contributed by atoms with van der Waals surface area (Å²) in [6, 6.07) is 4.63. The van der Waals surface area contributed by atoms with Crippen LogP contribution >= 0.6 is 34.7 Å². The van der Waals surface area contributed by atoms with Crippen LogP contribution in [0.3, 0.4) is 0 Å². The van der Waals surface area contributed by atoms with Crippen molar-refractivity contribution >= 4 is 34.7 Å². The number of thiophene rings is 1. The highest BCUT2D eigenvalue weighted by Crippen LogP contribution is 2.30. The van der Waals surface area contributed by atoms with E-state index >= 15 is 0 Å². The zero-order valence-corrected chi connectivity index (χ0v) is 8.94. The first kappa shape index (κ1) is 8.88. The Labute approximate surface area is 85.5 Å². The van der Waals surface area contributed by atoms with Gasteiger partial charge in [0, 0.05) is 22.9 Å². The van der Waals surface area contributed by atoms with Crippen LogP contribution in [-0.4, -0.2) is 18.1 Å². The fraction of sp³-hybridized carbons (Fsp3) is 0.500. The van der Waals surface area contributed by atoms with Gasteiger partial charge in [0.1, 0.15) is 0 Å². The number of rotatable bonds is 1. The molecule has 0 bridgehead atoms. The van der Waals surface area contributed by atoms with Crippen molar-refractivity contribution in [3.8, 4) is 0 Å². The minimum absolute atomic E-state index is 0.529. The molecule has 12 heavy (non-hydrogen) atoms. The summed E-state index contributed by atoms with van der Waals surface area (Å²) in [4.78, 5) is 1.37. The largest absolute Gasteiger partial charge is 0.308 e. The lowest BCUT2D eigenvalue weighted by atomic mass is 10.3. The van der Waals surface area contributed by atoms with Crippen LogP contribution < -0.4 is 5.32 Å². The minimum Gasteiger partial charge on any atom is -0.308 e. The first-order valence-electron chi connectivity index (χ1n) is 3.92. The lowest BCUT2D eigenvalue weighted by Gasteiger charge is -2.21. The molecule has 0 spiro atoms. The van der Waals surface area contributed by atoms with Crippen molar-refractivity contribution in [1.29, 1.82) is 0 Å². The molecule has 0 amide bonds. The molecule has 1 aliphatic rings. The minimum atomic E-state index is 0.529. The molecule has 1 N–H and O–H groups in total. The Kier molecular flexibility index (Phi) is 2.96. The van der Waals surface area contributed by atoms with Crippen molar-refractivity contribution in [1.82, 2.24) is 5.32 Å². The van der Waals surface area contributed by atoms with Crippen molar-refractivity contribution in [3.05, 3.63) is 21.3 Å². The molecule has 0 saturated carbocycles. The van der Waals surface area contributed by atoms with Gasteiger partial charge >= 0.3 is 0 Å². The predicted molar refractivity (Wildman–Crippen MR) is 57.4 cm³/mol. The van der Waals surface area contributed by atoms with Crippen LogP contribution in [0.5, 0.6) is 0 Å². The van der Waals surface area contributed by atoms with Crippen LogP contribution in [0, 0.1) is 0 Å². The topological polar surface area (TPSA) is 12.0 Å². The normalized spacial score (nSPS) is 24.2. The molecule has 66 valence electrons. The van der Waals surface area contributed by atoms with Gasteiger partial charge in [0.15, 0.2) is 0 Å². The van der Waals surface area contributed by atoms with Gasteiger partial charge < -0.3 is 5.32 Å². The quantitative estimate of drug-likeness (QED) is 0.780. The molecule has 1 fully saturated rings. The molecule has 1 unspecified atom stereocenters. The molecule has 1 saturated heterocycles. The van der Waals surface area contributed by atoms with Crippen LogP contribution in [0.15, 0.2) is 12.1 Å². The second kappa shape index (κ2) is 4.01. The van der Waals surface area contributed by atoms with Gasteiger partial charge in [0.05, 0.1) is 10.4 Å². The van der Waals surface area contributed by atoms with Crippen LogP contribution in [0.1, 0.15) is 10.9 Å². The summed E-state index contributed by atoms with van der Waals surface area (Å²) in [6.07, 6.45) is 0. The van der Waals surface area contributed by atoms with E-state index in [9.17, 15) is 0 Å². The van der Waals surface area contributed by atoms with Crippen molar-refractivity contribution in [3.63, 3.8) is 0 Å². The van der Waals surface area contributed by atoms with E-state index in [-0.39, 0.29) is 0 Å². The maximum atomic E-state index is 5.86. The van der Waals surface area contributed by atoms with E-state index in [2.05, 4.69) is 11.4 Å². The van der Waals surface area contributed by atoms with E-state index in [4.69, 9.17) is 11.6 Å². The van der Waals surface area contributed by atoms with Crippen molar-refractivity contribution in [2.75, 3.05) is 18.1 Å². The molecule has 1 atom stereocenters. The second-order valence-corrected chi connectivity index (χ2v) is 5.62. The second-order valence-electron chi connectivity index (χ2n) is 2.72. The fourth-order valence-electron chi connectivity index (χ4n) is 1.26. The Hall–Kier alpha value is 0.300. The zero-order valence-electron chi connectivity index (χ0n) is 6.55. The Morgan fingerprint density at radius 1 is 1.50 bits per heavy atom. The van der Waals surface area contributed by atoms with E-state index in [0.717, 1.165) is 10.9 Å². The maximum absolute atomic E-state index is 5.86. The highest BCUT2D eigenvalue weighted by molar-refractivity contribution is 7.99. The van der Waals surface area contributed by atoms with Crippen LogP contribution in [0.25, 0.3) is 0 Å². The fourth-order valence-corrected chi connectivity index (χ4v) is 3.47. The molecule has 0 radical (unpaired) electrons. The number of halogens is 1. The first-order chi connectivity index (χ1) is 5.86. The standard InChI is InChI=1S/C8H10ClNS2/c9-8-2-1-7(12-8)6-5-11-4-3-10-6/h1-2,6,10H,3-5H2. The van der Waals surface area contributed by atoms with Gasteiger partial charge in [-0.3, -0.25) is 0 Å². The van der Waals surface area contributed by atoms with Crippen LogP contribution in [-0.2, 0) is 0 Å². The number of nitrogens with one attached hydrogen (secondary N) is 1. The van der Waals surface area contributed by atoms with Crippen molar-refractivity contribution in [2.24, 2.45) is 0 Å². The third kappa shape index (κ3) is 1.96. The van der Waals surface area contributed by atoms with Crippen LogP contribution in [0.2, 0.25) is 4.34 Å². The number of hydrogen-bond acceptors (Lipinski definition) is 3. The molecule has 0 aromatic carbocycles. The summed E-state index contributed by atoms with van der Waals surface area (Å²) in [7, 11) is 0. The Balaban J connectivity index is 2.08. The molecular formula is C8H10ClNS2. The highest BCUT2D eigenvalue weighted by Gasteiger charge is 2.16. The third-order valence-corrected chi connectivity index (χ3v) is 4.27. The molecular weight excluding hydrogens is 210 g/mol. The van der Waals surface area contributed by atoms with E-state index < -0.39 is 0 Å². The first-order valence-corrected chi connectivity index (χ1v) is 6.27. The smallest absolute Gasteiger partial charge is 0.0931 e. The average molecular weight is 220 g/mol.